The molecule has 11 N–H and O–H groups in total. The van der Waals surface area contributed by atoms with Gasteiger partial charge in [0.2, 0.25) is 17.7 Å². The van der Waals surface area contributed by atoms with Gasteiger partial charge in [-0.05, 0) is 44.2 Å². The predicted molar refractivity (Wildman–Crippen MR) is 148 cm³/mol. The number of guanidine groups is 1. The summed E-state index contributed by atoms with van der Waals surface area (Å²) in [5, 5.41) is 26.0. The van der Waals surface area contributed by atoms with E-state index in [-0.39, 0.29) is 31.9 Å². The minimum Gasteiger partial charge on any atom is -0.480 e. The number of carbonyl (C=O) groups is 4. The normalized spacial score (nSPS) is 18.0. The number of benzene rings is 1. The number of carboxylic acids is 1. The van der Waals surface area contributed by atoms with Crippen LogP contribution in [0, 0.1) is 0 Å². The summed E-state index contributed by atoms with van der Waals surface area (Å²) >= 11 is 0. The maximum absolute atomic E-state index is 13.4. The van der Waals surface area contributed by atoms with E-state index in [1.54, 1.807) is 6.20 Å². The van der Waals surface area contributed by atoms with Crippen LogP contribution in [-0.4, -0.2) is 93.1 Å². The molecule has 14 nitrogen and oxygen atoms in total. The number of hydrogen-bond acceptors (Lipinski definition) is 7. The summed E-state index contributed by atoms with van der Waals surface area (Å²) in [6.07, 6.45) is 1.95. The fraction of sp³-hybridized carbons (Fsp3) is 0.500. The number of aliphatic imine (C=N–C) groups is 1. The van der Waals surface area contributed by atoms with Crippen molar-refractivity contribution in [3.8, 4) is 0 Å². The van der Waals surface area contributed by atoms with Crippen molar-refractivity contribution in [2.75, 3.05) is 13.1 Å². The number of fused-ring (bicyclic) bond motifs is 1. The minimum atomic E-state index is -1.34. The van der Waals surface area contributed by atoms with E-state index < -0.39 is 54.0 Å². The smallest absolute Gasteiger partial charge is 0.326 e. The third kappa shape index (κ3) is 7.70. The van der Waals surface area contributed by atoms with E-state index in [0.717, 1.165) is 16.5 Å². The monoisotopic (exact) mass is 558 g/mol. The lowest BCUT2D eigenvalue weighted by Crippen LogP contribution is -2.59. The van der Waals surface area contributed by atoms with Gasteiger partial charge in [-0.25, -0.2) is 4.79 Å². The first-order valence-corrected chi connectivity index (χ1v) is 13.2. The van der Waals surface area contributed by atoms with Crippen LogP contribution >= 0.6 is 0 Å². The third-order valence-electron chi connectivity index (χ3n) is 6.90. The zero-order valence-corrected chi connectivity index (χ0v) is 22.4. The number of aromatic nitrogens is 1. The van der Waals surface area contributed by atoms with Gasteiger partial charge in [0.15, 0.2) is 5.96 Å². The predicted octanol–water partition coefficient (Wildman–Crippen LogP) is -1.48. The molecule has 218 valence electrons. The van der Waals surface area contributed by atoms with Gasteiger partial charge in [-0.3, -0.25) is 19.4 Å². The number of nitrogens with two attached hydrogens (primary N) is 3. The fourth-order valence-corrected chi connectivity index (χ4v) is 4.77. The van der Waals surface area contributed by atoms with E-state index in [0.29, 0.717) is 19.3 Å². The van der Waals surface area contributed by atoms with E-state index in [9.17, 15) is 29.4 Å². The number of amides is 3. The molecular formula is C26H38N8O6. The van der Waals surface area contributed by atoms with Crippen LogP contribution in [-0.2, 0) is 25.6 Å². The number of aromatic amines is 1. The van der Waals surface area contributed by atoms with Crippen LogP contribution in [0.25, 0.3) is 10.9 Å². The molecule has 1 aliphatic heterocycles. The van der Waals surface area contributed by atoms with Crippen LogP contribution in [0.4, 0.5) is 0 Å². The number of nitrogens with one attached hydrogen (secondary N) is 3. The number of aliphatic hydroxyl groups is 1. The summed E-state index contributed by atoms with van der Waals surface area (Å²) in [7, 11) is 0. The molecule has 0 bridgehead atoms. The number of para-hydroxylation sites is 1. The van der Waals surface area contributed by atoms with E-state index in [1.165, 1.54) is 11.8 Å². The van der Waals surface area contributed by atoms with Crippen molar-refractivity contribution in [1.29, 1.82) is 0 Å². The second kappa shape index (κ2) is 13.8. The average Bonchev–Trinajstić information content (AvgIpc) is 3.56. The SMILES string of the molecule is CC(O)C(NC(=O)C(N)CCCN=C(N)N)C(=O)N1CCCC1C(=O)NC(Cc1c[nH]c2ccccc12)C(=O)O. The summed E-state index contributed by atoms with van der Waals surface area (Å²) in [6.45, 7) is 1.84. The second-order valence-corrected chi connectivity index (χ2v) is 9.93. The van der Waals surface area contributed by atoms with Gasteiger partial charge in [-0.1, -0.05) is 18.2 Å². The maximum atomic E-state index is 13.4. The van der Waals surface area contributed by atoms with E-state index in [2.05, 4.69) is 20.6 Å². The van der Waals surface area contributed by atoms with Crippen LogP contribution in [0.3, 0.4) is 0 Å². The zero-order valence-electron chi connectivity index (χ0n) is 22.4. The first kappa shape index (κ1) is 30.4. The molecule has 3 rings (SSSR count). The van der Waals surface area contributed by atoms with Gasteiger partial charge >= 0.3 is 5.97 Å². The van der Waals surface area contributed by atoms with Crippen LogP contribution in [0.2, 0.25) is 0 Å². The van der Waals surface area contributed by atoms with Gasteiger partial charge in [0, 0.05) is 36.6 Å². The fourth-order valence-electron chi connectivity index (χ4n) is 4.77. The highest BCUT2D eigenvalue weighted by molar-refractivity contribution is 5.95. The van der Waals surface area contributed by atoms with Crippen molar-refractivity contribution in [3.63, 3.8) is 0 Å². The van der Waals surface area contributed by atoms with Gasteiger partial charge in [0.25, 0.3) is 0 Å². The molecule has 3 amide bonds. The highest BCUT2D eigenvalue weighted by atomic mass is 16.4. The van der Waals surface area contributed by atoms with Crippen molar-refractivity contribution < 1.29 is 29.4 Å². The van der Waals surface area contributed by atoms with Gasteiger partial charge in [0.05, 0.1) is 12.1 Å². The number of aliphatic carboxylic acids is 1. The Hall–Kier alpha value is -4.17. The number of carbonyl (C=O) groups excluding carboxylic acids is 3. The summed E-state index contributed by atoms with van der Waals surface area (Å²) in [4.78, 5) is 59.4. The van der Waals surface area contributed by atoms with Crippen LogP contribution in [0.5, 0.6) is 0 Å². The Morgan fingerprint density at radius 2 is 1.93 bits per heavy atom. The lowest BCUT2D eigenvalue weighted by atomic mass is 10.0. The molecule has 0 aliphatic carbocycles. The second-order valence-electron chi connectivity index (χ2n) is 9.93. The summed E-state index contributed by atoms with van der Waals surface area (Å²) in [6, 6.07) is 2.93. The van der Waals surface area contributed by atoms with Gasteiger partial charge in [-0.15, -0.1) is 0 Å². The quantitative estimate of drug-likeness (QED) is 0.0810. The van der Waals surface area contributed by atoms with E-state index >= 15 is 0 Å². The first-order valence-electron chi connectivity index (χ1n) is 13.2. The molecule has 5 unspecified atom stereocenters. The number of nitrogens with zero attached hydrogens (tertiary/aromatic N) is 2. The summed E-state index contributed by atoms with van der Waals surface area (Å²) in [5.41, 5.74) is 18.1. The van der Waals surface area contributed by atoms with E-state index in [1.807, 2.05) is 24.3 Å². The highest BCUT2D eigenvalue weighted by Crippen LogP contribution is 2.22. The van der Waals surface area contributed by atoms with Gasteiger partial charge < -0.3 is 47.9 Å². The topological polar surface area (TPSA) is 242 Å². The molecule has 2 aromatic rings. The summed E-state index contributed by atoms with van der Waals surface area (Å²) < 4.78 is 0. The third-order valence-corrected chi connectivity index (χ3v) is 6.90. The molecule has 40 heavy (non-hydrogen) atoms. The van der Waals surface area contributed by atoms with Gasteiger partial charge in [-0.2, -0.15) is 0 Å². The highest BCUT2D eigenvalue weighted by Gasteiger charge is 2.40. The molecule has 0 spiro atoms. The van der Waals surface area contributed by atoms with Gasteiger partial charge in [0.1, 0.15) is 18.1 Å². The molecule has 1 aromatic carbocycles. The Balaban J connectivity index is 1.65. The lowest BCUT2D eigenvalue weighted by molar-refractivity contribution is -0.146. The van der Waals surface area contributed by atoms with Crippen molar-refractivity contribution in [3.05, 3.63) is 36.0 Å². The molecule has 2 heterocycles. The number of aliphatic hydroxyl groups excluding tert-OH is 1. The number of rotatable bonds is 13. The Labute approximate surface area is 231 Å². The van der Waals surface area contributed by atoms with Crippen molar-refractivity contribution >= 4 is 40.6 Å². The molecule has 1 aromatic heterocycles. The Morgan fingerprint density at radius 3 is 2.60 bits per heavy atom. The average molecular weight is 559 g/mol. The molecule has 1 saturated heterocycles. The Bertz CT molecular complexity index is 1240. The Morgan fingerprint density at radius 1 is 1.20 bits per heavy atom. The number of H-pyrrole nitrogens is 1. The van der Waals surface area contributed by atoms with Crippen LogP contribution in [0.15, 0.2) is 35.5 Å². The van der Waals surface area contributed by atoms with Crippen molar-refractivity contribution in [1.82, 2.24) is 20.5 Å². The number of carboxylic acid groups (broad SMARTS) is 1. The lowest BCUT2D eigenvalue weighted by Gasteiger charge is -2.31. The number of likely N-dealkylation sites (tertiary alicyclic amines) is 1. The molecular weight excluding hydrogens is 520 g/mol. The molecule has 0 saturated carbocycles. The van der Waals surface area contributed by atoms with Crippen LogP contribution in [0.1, 0.15) is 38.2 Å². The Kier molecular flexibility index (Phi) is 10.4. The molecule has 1 aliphatic rings. The molecule has 1 fully saturated rings. The summed E-state index contributed by atoms with van der Waals surface area (Å²) in [5.74, 6) is -3.21. The minimum absolute atomic E-state index is 0.0409. The standard InChI is InChI=1S/C26H38N8O6/c1-14(35)21(33-22(36)17(27)7-4-10-30-26(28)29)24(38)34-11-5-9-20(34)23(37)32-19(25(39)40)12-15-13-31-18-8-3-2-6-16(15)18/h2-3,6,8,13-14,17,19-21,31,35H,4-5,7,9-12,27H2,1H3,(H,32,37)(H,33,36)(H,39,40)(H4,28,29,30). The zero-order chi connectivity index (χ0) is 29.4. The molecule has 14 heteroatoms. The van der Waals surface area contributed by atoms with Crippen LogP contribution < -0.4 is 27.8 Å². The first-order chi connectivity index (χ1) is 19.0. The molecule has 0 radical (unpaired) electrons. The van der Waals surface area contributed by atoms with Crippen molar-refractivity contribution in [2.24, 2.45) is 22.2 Å². The number of hydrogen-bond donors (Lipinski definition) is 8. The van der Waals surface area contributed by atoms with Crippen molar-refractivity contribution in [2.45, 2.75) is 69.3 Å². The molecule has 5 atom stereocenters. The largest absolute Gasteiger partial charge is 0.480 e. The maximum Gasteiger partial charge on any atom is 0.326 e. The van der Waals surface area contributed by atoms with E-state index in [4.69, 9.17) is 17.2 Å².